The fourth-order valence-corrected chi connectivity index (χ4v) is 4.32. The summed E-state index contributed by atoms with van der Waals surface area (Å²) in [5, 5.41) is 18.2. The molecule has 126 valence electrons. The van der Waals surface area contributed by atoms with E-state index in [9.17, 15) is 18.1 Å². The fraction of sp³-hybridized carbons (Fsp3) is 0.176. The SMILES string of the molecule is Cc1c(Oc2cc(F)cc(C#N)c2)ccc2c1C(C#N)N(C)S2(=O)=O. The summed E-state index contributed by atoms with van der Waals surface area (Å²) in [6.45, 7) is 1.64. The molecule has 0 aliphatic carbocycles. The van der Waals surface area contributed by atoms with Crippen molar-refractivity contribution < 1.29 is 17.5 Å². The van der Waals surface area contributed by atoms with E-state index < -0.39 is 21.9 Å². The predicted molar refractivity (Wildman–Crippen MR) is 85.7 cm³/mol. The second-order valence-corrected chi connectivity index (χ2v) is 7.51. The van der Waals surface area contributed by atoms with Crippen LogP contribution in [0.5, 0.6) is 11.5 Å². The van der Waals surface area contributed by atoms with E-state index in [1.54, 1.807) is 6.92 Å². The van der Waals surface area contributed by atoms with Crippen LogP contribution in [0.1, 0.15) is 22.7 Å². The zero-order valence-corrected chi connectivity index (χ0v) is 14.1. The van der Waals surface area contributed by atoms with Gasteiger partial charge in [-0.15, -0.1) is 0 Å². The molecule has 0 amide bonds. The van der Waals surface area contributed by atoms with Crippen molar-refractivity contribution in [3.63, 3.8) is 0 Å². The first-order valence-corrected chi connectivity index (χ1v) is 8.63. The fourth-order valence-electron chi connectivity index (χ4n) is 2.79. The quantitative estimate of drug-likeness (QED) is 0.823. The second kappa shape index (κ2) is 5.85. The molecule has 0 spiro atoms. The van der Waals surface area contributed by atoms with Gasteiger partial charge in [0.2, 0.25) is 10.0 Å². The monoisotopic (exact) mass is 357 g/mol. The zero-order chi connectivity index (χ0) is 18.4. The Hall–Kier alpha value is -2.94. The number of halogens is 1. The van der Waals surface area contributed by atoms with Crippen LogP contribution in [0.3, 0.4) is 0 Å². The van der Waals surface area contributed by atoms with Gasteiger partial charge < -0.3 is 4.74 Å². The summed E-state index contributed by atoms with van der Waals surface area (Å²) >= 11 is 0. The first kappa shape index (κ1) is 16.9. The molecule has 1 heterocycles. The summed E-state index contributed by atoms with van der Waals surface area (Å²) < 4.78 is 44.9. The standard InChI is InChI=1S/C17H12FN3O3S/c1-10-15(24-13-6-11(8-19)5-12(18)7-13)3-4-16-17(10)14(9-20)21(2)25(16,22)23/h3-7,14H,1-2H3. The molecule has 25 heavy (non-hydrogen) atoms. The normalized spacial score (nSPS) is 18.2. The second-order valence-electron chi connectivity index (χ2n) is 5.54. The Morgan fingerprint density at radius 3 is 2.60 bits per heavy atom. The maximum Gasteiger partial charge on any atom is 0.244 e. The maximum atomic E-state index is 13.5. The molecule has 0 fully saturated rings. The molecule has 0 aromatic heterocycles. The Balaban J connectivity index is 2.11. The molecular formula is C17H12FN3O3S. The van der Waals surface area contributed by atoms with E-state index in [0.717, 1.165) is 16.4 Å². The van der Waals surface area contributed by atoms with Crippen LogP contribution in [0.4, 0.5) is 4.39 Å². The van der Waals surface area contributed by atoms with Crippen LogP contribution in [0.15, 0.2) is 35.2 Å². The molecule has 8 heteroatoms. The van der Waals surface area contributed by atoms with Crippen molar-refractivity contribution in [3.05, 3.63) is 52.8 Å². The van der Waals surface area contributed by atoms with Gasteiger partial charge in [0.25, 0.3) is 0 Å². The summed E-state index contributed by atoms with van der Waals surface area (Å²) in [7, 11) is -2.38. The number of hydrogen-bond donors (Lipinski definition) is 0. The number of rotatable bonds is 2. The third-order valence-electron chi connectivity index (χ3n) is 4.07. The first-order chi connectivity index (χ1) is 11.8. The molecule has 3 rings (SSSR count). The third-order valence-corrected chi connectivity index (χ3v) is 5.95. The number of nitriles is 2. The van der Waals surface area contributed by atoms with Crippen LogP contribution in [0.25, 0.3) is 0 Å². The van der Waals surface area contributed by atoms with Gasteiger partial charge >= 0.3 is 0 Å². The molecule has 0 bridgehead atoms. The summed E-state index contributed by atoms with van der Waals surface area (Å²) in [5.41, 5.74) is 0.921. The van der Waals surface area contributed by atoms with E-state index in [1.807, 2.05) is 12.1 Å². The van der Waals surface area contributed by atoms with Crippen molar-refractivity contribution in [2.75, 3.05) is 7.05 Å². The van der Waals surface area contributed by atoms with Crippen LogP contribution in [-0.2, 0) is 10.0 Å². The third kappa shape index (κ3) is 2.62. The Kier molecular flexibility index (Phi) is 3.96. The Labute approximate surface area is 144 Å². The van der Waals surface area contributed by atoms with Gasteiger partial charge in [-0.25, -0.2) is 12.8 Å². The highest BCUT2D eigenvalue weighted by Gasteiger charge is 2.42. The van der Waals surface area contributed by atoms with Crippen molar-refractivity contribution in [2.24, 2.45) is 0 Å². The lowest BCUT2D eigenvalue weighted by Gasteiger charge is -2.14. The number of nitrogens with zero attached hydrogens (tertiary/aromatic N) is 3. The lowest BCUT2D eigenvalue weighted by molar-refractivity contribution is 0.449. The first-order valence-electron chi connectivity index (χ1n) is 7.19. The lowest BCUT2D eigenvalue weighted by atomic mass is 10.0. The Morgan fingerprint density at radius 1 is 1.24 bits per heavy atom. The predicted octanol–water partition coefficient (Wildman–Crippen LogP) is 3.00. The molecule has 1 atom stereocenters. The molecule has 0 saturated heterocycles. The average molecular weight is 357 g/mol. The molecule has 0 radical (unpaired) electrons. The minimum Gasteiger partial charge on any atom is -0.457 e. The van der Waals surface area contributed by atoms with Gasteiger partial charge in [-0.3, -0.25) is 0 Å². The molecule has 2 aromatic rings. The number of ether oxygens (including phenoxy) is 1. The number of fused-ring (bicyclic) bond motifs is 1. The molecule has 1 unspecified atom stereocenters. The number of benzene rings is 2. The number of sulfonamides is 1. The lowest BCUT2D eigenvalue weighted by Crippen LogP contribution is -2.22. The highest BCUT2D eigenvalue weighted by molar-refractivity contribution is 7.89. The summed E-state index contributed by atoms with van der Waals surface area (Å²) in [5.74, 6) is -0.216. The highest BCUT2D eigenvalue weighted by Crippen LogP contribution is 2.43. The Morgan fingerprint density at radius 2 is 1.96 bits per heavy atom. The van der Waals surface area contributed by atoms with E-state index in [0.29, 0.717) is 16.9 Å². The molecule has 0 N–H and O–H groups in total. The van der Waals surface area contributed by atoms with Crippen LogP contribution in [0, 0.1) is 35.4 Å². The van der Waals surface area contributed by atoms with Crippen molar-refractivity contribution in [3.8, 4) is 23.6 Å². The van der Waals surface area contributed by atoms with Gasteiger partial charge in [0.1, 0.15) is 23.4 Å². The van der Waals surface area contributed by atoms with Gasteiger partial charge in [0, 0.05) is 18.7 Å². The summed E-state index contributed by atoms with van der Waals surface area (Å²) in [4.78, 5) is 0.0587. The Bertz CT molecular complexity index is 1070. The zero-order valence-electron chi connectivity index (χ0n) is 13.3. The molecule has 1 aliphatic rings. The van der Waals surface area contributed by atoms with Crippen LogP contribution >= 0.6 is 0 Å². The van der Waals surface area contributed by atoms with Crippen LogP contribution in [-0.4, -0.2) is 19.8 Å². The van der Waals surface area contributed by atoms with Gasteiger partial charge in [0.15, 0.2) is 0 Å². The van der Waals surface area contributed by atoms with E-state index >= 15 is 0 Å². The van der Waals surface area contributed by atoms with Crippen molar-refractivity contribution in [1.82, 2.24) is 4.31 Å². The van der Waals surface area contributed by atoms with Gasteiger partial charge in [-0.2, -0.15) is 14.8 Å². The van der Waals surface area contributed by atoms with E-state index in [-0.39, 0.29) is 16.2 Å². The van der Waals surface area contributed by atoms with Crippen molar-refractivity contribution in [1.29, 1.82) is 10.5 Å². The van der Waals surface area contributed by atoms with Gasteiger partial charge in [0.05, 0.1) is 22.6 Å². The molecular weight excluding hydrogens is 345 g/mol. The van der Waals surface area contributed by atoms with Gasteiger partial charge in [-0.05, 0) is 36.8 Å². The topological polar surface area (TPSA) is 94.2 Å². The van der Waals surface area contributed by atoms with Crippen LogP contribution in [0.2, 0.25) is 0 Å². The van der Waals surface area contributed by atoms with E-state index in [4.69, 9.17) is 10.00 Å². The van der Waals surface area contributed by atoms with E-state index in [1.165, 1.54) is 25.2 Å². The molecule has 2 aromatic carbocycles. The van der Waals surface area contributed by atoms with Crippen LogP contribution < -0.4 is 4.74 Å². The minimum atomic E-state index is -3.72. The van der Waals surface area contributed by atoms with E-state index in [2.05, 4.69) is 0 Å². The molecule has 1 aliphatic heterocycles. The van der Waals surface area contributed by atoms with Gasteiger partial charge in [-0.1, -0.05) is 0 Å². The highest BCUT2D eigenvalue weighted by atomic mass is 32.2. The summed E-state index contributed by atoms with van der Waals surface area (Å²) in [6.07, 6.45) is 0. The summed E-state index contributed by atoms with van der Waals surface area (Å²) in [6, 6.07) is 9.25. The number of hydrogen-bond acceptors (Lipinski definition) is 5. The minimum absolute atomic E-state index is 0.0587. The average Bonchev–Trinajstić information content (AvgIpc) is 2.76. The smallest absolute Gasteiger partial charge is 0.244 e. The molecule has 6 nitrogen and oxygen atoms in total. The van der Waals surface area contributed by atoms with Crippen molar-refractivity contribution in [2.45, 2.75) is 17.9 Å². The largest absolute Gasteiger partial charge is 0.457 e. The molecule has 0 saturated carbocycles. The van der Waals surface area contributed by atoms with Crippen molar-refractivity contribution >= 4 is 10.0 Å². The maximum absolute atomic E-state index is 13.5.